The predicted molar refractivity (Wildman–Crippen MR) is 53.7 cm³/mol. The third kappa shape index (κ3) is 2.07. The fraction of sp³-hybridized carbons (Fsp3) is 0. The van der Waals surface area contributed by atoms with Gasteiger partial charge in [0.05, 0.1) is 0 Å². The van der Waals surface area contributed by atoms with Crippen molar-refractivity contribution in [1.29, 1.82) is 0 Å². The van der Waals surface area contributed by atoms with Crippen molar-refractivity contribution in [3.63, 3.8) is 0 Å². The Labute approximate surface area is 84.1 Å². The quantitative estimate of drug-likeness (QED) is 0.733. The topological polar surface area (TPSA) is 0 Å². The van der Waals surface area contributed by atoms with E-state index in [1.807, 2.05) is 22.7 Å². The Morgan fingerprint density at radius 1 is 0.909 bits per heavy atom. The number of hydrogen-bond acceptors (Lipinski definition) is 2. The van der Waals surface area contributed by atoms with Gasteiger partial charge in [-0.15, -0.1) is 0 Å². The van der Waals surface area contributed by atoms with Gasteiger partial charge in [-0.1, -0.05) is 0 Å². The van der Waals surface area contributed by atoms with Crippen molar-refractivity contribution >= 4 is 49.6 Å². The molecule has 0 saturated carbocycles. The van der Waals surface area contributed by atoms with Crippen LogP contribution in [0.15, 0.2) is 35.0 Å². The van der Waals surface area contributed by atoms with Gasteiger partial charge in [0.25, 0.3) is 0 Å². The van der Waals surface area contributed by atoms with Crippen LogP contribution in [0.2, 0.25) is 0 Å². The molecule has 0 aliphatic heterocycles. The van der Waals surface area contributed by atoms with E-state index in [4.69, 9.17) is 0 Å². The SMILES string of the molecule is c1cs[c]([Sn+2][c]2cccs2)c1. The second-order valence-corrected chi connectivity index (χ2v) is 9.83. The monoisotopic (exact) mass is 286 g/mol. The summed E-state index contributed by atoms with van der Waals surface area (Å²) in [6.45, 7) is 0. The van der Waals surface area contributed by atoms with Gasteiger partial charge in [-0.05, 0) is 0 Å². The molecule has 2 rings (SSSR count). The molecule has 0 amide bonds. The van der Waals surface area contributed by atoms with Crippen molar-refractivity contribution in [3.8, 4) is 0 Å². The van der Waals surface area contributed by atoms with E-state index in [0.29, 0.717) is 0 Å². The molecule has 0 fully saturated rings. The second kappa shape index (κ2) is 3.74. The summed E-state index contributed by atoms with van der Waals surface area (Å²) in [5.41, 5.74) is 0. The second-order valence-electron chi connectivity index (χ2n) is 2.08. The first kappa shape index (κ1) is 7.83. The van der Waals surface area contributed by atoms with Crippen LogP contribution in [0, 0.1) is 0 Å². The Hall–Kier alpha value is 0.199. The van der Waals surface area contributed by atoms with Crippen molar-refractivity contribution in [1.82, 2.24) is 0 Å². The summed E-state index contributed by atoms with van der Waals surface area (Å²) in [6.07, 6.45) is 0. The van der Waals surface area contributed by atoms with Crippen molar-refractivity contribution < 1.29 is 0 Å². The summed E-state index contributed by atoms with van der Waals surface area (Å²) < 4.78 is 3.24. The number of hydrogen-bond donors (Lipinski definition) is 0. The zero-order chi connectivity index (χ0) is 7.52. The molecule has 0 spiro atoms. The summed E-state index contributed by atoms with van der Waals surface area (Å²) in [5, 5.41) is 4.34. The van der Waals surface area contributed by atoms with Crippen LogP contribution in [0.5, 0.6) is 0 Å². The van der Waals surface area contributed by atoms with E-state index in [-0.39, 0.29) is 21.1 Å². The number of rotatable bonds is 2. The van der Waals surface area contributed by atoms with Gasteiger partial charge in [0, 0.05) is 0 Å². The molecule has 0 aliphatic carbocycles. The first-order valence-electron chi connectivity index (χ1n) is 3.29. The van der Waals surface area contributed by atoms with Crippen LogP contribution in [-0.2, 0) is 0 Å². The summed E-state index contributed by atoms with van der Waals surface area (Å²) in [6, 6.07) is 8.82. The van der Waals surface area contributed by atoms with E-state index >= 15 is 0 Å². The Balaban J connectivity index is 2.14. The first-order chi connectivity index (χ1) is 5.45. The Morgan fingerprint density at radius 3 is 1.82 bits per heavy atom. The minimum absolute atomic E-state index is 0.386. The summed E-state index contributed by atoms with van der Waals surface area (Å²) in [5.74, 6) is 0. The average molecular weight is 285 g/mol. The van der Waals surface area contributed by atoms with Gasteiger partial charge in [-0.3, -0.25) is 0 Å². The van der Waals surface area contributed by atoms with E-state index in [1.54, 1.807) is 5.79 Å². The zero-order valence-corrected chi connectivity index (χ0v) is 10.3. The Bertz CT molecular complexity index is 264. The van der Waals surface area contributed by atoms with Crippen molar-refractivity contribution in [2.75, 3.05) is 0 Å². The van der Waals surface area contributed by atoms with E-state index < -0.39 is 0 Å². The van der Waals surface area contributed by atoms with Crippen molar-refractivity contribution in [2.45, 2.75) is 0 Å². The van der Waals surface area contributed by atoms with Gasteiger partial charge < -0.3 is 0 Å². The molecule has 11 heavy (non-hydrogen) atoms. The third-order valence-electron chi connectivity index (χ3n) is 1.29. The van der Waals surface area contributed by atoms with Gasteiger partial charge in [0.15, 0.2) is 0 Å². The molecule has 2 aromatic heterocycles. The molecule has 0 bridgehead atoms. The van der Waals surface area contributed by atoms with Gasteiger partial charge in [0.1, 0.15) is 0 Å². The molecule has 2 aromatic rings. The van der Waals surface area contributed by atoms with Crippen molar-refractivity contribution in [2.24, 2.45) is 0 Å². The molecule has 0 atom stereocenters. The fourth-order valence-corrected chi connectivity index (χ4v) is 7.66. The molecular weight excluding hydrogens is 279 g/mol. The number of thiophene rings is 2. The van der Waals surface area contributed by atoms with E-state index in [9.17, 15) is 0 Å². The molecule has 0 saturated heterocycles. The predicted octanol–water partition coefficient (Wildman–Crippen LogP) is 1.46. The van der Waals surface area contributed by atoms with Crippen LogP contribution >= 0.6 is 22.7 Å². The maximum atomic E-state index is 2.26. The van der Waals surface area contributed by atoms with Crippen LogP contribution in [0.1, 0.15) is 0 Å². The maximum absolute atomic E-state index is 2.26. The van der Waals surface area contributed by atoms with Crippen LogP contribution in [-0.4, -0.2) is 21.1 Å². The third-order valence-corrected chi connectivity index (χ3v) is 8.40. The minimum atomic E-state index is -0.386. The normalized spacial score (nSPS) is 9.45. The summed E-state index contributed by atoms with van der Waals surface area (Å²) >= 11 is 3.42. The van der Waals surface area contributed by atoms with E-state index in [0.717, 1.165) is 0 Å². The molecular formula is C8H6S2Sn+2. The molecule has 0 radical (unpaired) electrons. The van der Waals surface area contributed by atoms with Gasteiger partial charge >= 0.3 is 84.6 Å². The van der Waals surface area contributed by atoms with Crippen LogP contribution in [0.3, 0.4) is 0 Å². The van der Waals surface area contributed by atoms with E-state index in [1.165, 1.54) is 0 Å². The Kier molecular flexibility index (Phi) is 2.66. The molecule has 0 nitrogen and oxygen atoms in total. The molecule has 2 heterocycles. The van der Waals surface area contributed by atoms with E-state index in [2.05, 4.69) is 35.0 Å². The van der Waals surface area contributed by atoms with Gasteiger partial charge in [0.2, 0.25) is 0 Å². The van der Waals surface area contributed by atoms with Gasteiger partial charge in [-0.2, -0.15) is 0 Å². The molecule has 0 N–H and O–H groups in total. The Morgan fingerprint density at radius 2 is 1.45 bits per heavy atom. The molecule has 52 valence electrons. The summed E-state index contributed by atoms with van der Waals surface area (Å²) in [7, 11) is 0. The van der Waals surface area contributed by atoms with Crippen LogP contribution in [0.4, 0.5) is 0 Å². The van der Waals surface area contributed by atoms with Gasteiger partial charge in [-0.25, -0.2) is 0 Å². The first-order valence-corrected chi connectivity index (χ1v) is 7.90. The molecule has 3 heteroatoms. The molecule has 0 unspecified atom stereocenters. The molecule has 0 aliphatic rings. The zero-order valence-electron chi connectivity index (χ0n) is 5.78. The van der Waals surface area contributed by atoms with Crippen LogP contribution in [0.25, 0.3) is 0 Å². The fourth-order valence-electron chi connectivity index (χ4n) is 0.821. The van der Waals surface area contributed by atoms with Crippen LogP contribution < -0.4 is 5.79 Å². The van der Waals surface area contributed by atoms with Crippen molar-refractivity contribution in [3.05, 3.63) is 35.0 Å². The molecule has 0 aromatic carbocycles. The average Bonchev–Trinajstić information content (AvgIpc) is 2.60. The summed E-state index contributed by atoms with van der Waals surface area (Å²) in [4.78, 5) is 0. The standard InChI is InChI=1S/2C4H3S.Sn/c2*1-2-4-5-3-1;/h2*1-3H;/q;;+2.